The van der Waals surface area contributed by atoms with Crippen LogP contribution in [-0.2, 0) is 4.79 Å². The molecule has 0 spiro atoms. The Balaban J connectivity index is 1.83. The maximum Gasteiger partial charge on any atom is 0.282 e. The molecule has 0 aromatic heterocycles. The first-order valence-electron chi connectivity index (χ1n) is 7.08. The van der Waals surface area contributed by atoms with Crippen LogP contribution in [0.3, 0.4) is 0 Å². The predicted octanol–water partition coefficient (Wildman–Crippen LogP) is 2.59. The van der Waals surface area contributed by atoms with Gasteiger partial charge in [0.05, 0.1) is 16.2 Å². The Morgan fingerprint density at radius 3 is 2.52 bits per heavy atom. The standard InChI is InChI=1S/C16H10BrN3O5/c17-10-5-1-2-6-11(10)18-13(21)8-19-15(22)9-4-3-7-12(20(24)25)14(9)16(19)23/h1-7H,8H2,(H,18,21). The van der Waals surface area contributed by atoms with E-state index < -0.39 is 34.9 Å². The van der Waals surface area contributed by atoms with Crippen LogP contribution in [0.1, 0.15) is 20.7 Å². The fourth-order valence-electron chi connectivity index (χ4n) is 2.51. The summed E-state index contributed by atoms with van der Waals surface area (Å²) in [6, 6.07) is 10.7. The molecule has 2 aromatic carbocycles. The van der Waals surface area contributed by atoms with E-state index >= 15 is 0 Å². The molecule has 0 fully saturated rings. The van der Waals surface area contributed by atoms with Crippen LogP contribution in [0.15, 0.2) is 46.9 Å². The van der Waals surface area contributed by atoms with Crippen LogP contribution in [0.2, 0.25) is 0 Å². The Hall–Kier alpha value is -3.07. The molecule has 1 N–H and O–H groups in total. The van der Waals surface area contributed by atoms with Gasteiger partial charge in [-0.1, -0.05) is 18.2 Å². The van der Waals surface area contributed by atoms with E-state index in [-0.39, 0.29) is 11.1 Å². The second-order valence-electron chi connectivity index (χ2n) is 5.18. The highest BCUT2D eigenvalue weighted by atomic mass is 79.9. The summed E-state index contributed by atoms with van der Waals surface area (Å²) in [4.78, 5) is 47.9. The zero-order valence-electron chi connectivity index (χ0n) is 12.6. The summed E-state index contributed by atoms with van der Waals surface area (Å²) in [5, 5.41) is 13.6. The molecule has 0 saturated carbocycles. The van der Waals surface area contributed by atoms with E-state index in [1.54, 1.807) is 24.3 Å². The van der Waals surface area contributed by atoms with Gasteiger partial charge < -0.3 is 5.32 Å². The lowest BCUT2D eigenvalue weighted by molar-refractivity contribution is -0.385. The van der Waals surface area contributed by atoms with Crippen LogP contribution in [0.25, 0.3) is 0 Å². The number of imide groups is 1. The fourth-order valence-corrected chi connectivity index (χ4v) is 2.89. The number of nitrogens with zero attached hydrogens (tertiary/aromatic N) is 2. The summed E-state index contributed by atoms with van der Waals surface area (Å²) in [7, 11) is 0. The number of carbonyl (C=O) groups excluding carboxylic acids is 3. The van der Waals surface area contributed by atoms with Crippen molar-refractivity contribution >= 4 is 45.0 Å². The number of para-hydroxylation sites is 1. The van der Waals surface area contributed by atoms with Crippen molar-refractivity contribution in [1.29, 1.82) is 0 Å². The van der Waals surface area contributed by atoms with Crippen molar-refractivity contribution in [3.05, 3.63) is 68.2 Å². The number of anilines is 1. The number of halogens is 1. The van der Waals surface area contributed by atoms with Crippen molar-refractivity contribution in [2.75, 3.05) is 11.9 Å². The van der Waals surface area contributed by atoms with Gasteiger partial charge in [0.1, 0.15) is 12.1 Å². The summed E-state index contributed by atoms with van der Waals surface area (Å²) in [5.74, 6) is -2.18. The molecule has 0 atom stereocenters. The number of nitro groups is 1. The monoisotopic (exact) mass is 403 g/mol. The largest absolute Gasteiger partial charge is 0.324 e. The maximum absolute atomic E-state index is 12.4. The SMILES string of the molecule is O=C(CN1C(=O)c2cccc([N+](=O)[O-])c2C1=O)Nc1ccccc1Br. The molecule has 3 amide bonds. The lowest BCUT2D eigenvalue weighted by Crippen LogP contribution is -2.37. The van der Waals surface area contributed by atoms with Crippen LogP contribution in [-0.4, -0.2) is 34.1 Å². The lowest BCUT2D eigenvalue weighted by Gasteiger charge is -2.14. The molecule has 0 unspecified atom stereocenters. The summed E-state index contributed by atoms with van der Waals surface area (Å²) in [6.07, 6.45) is 0. The van der Waals surface area contributed by atoms with Gasteiger partial charge in [0.15, 0.2) is 0 Å². The number of rotatable bonds is 4. The average molecular weight is 404 g/mol. The molecule has 0 aliphatic carbocycles. The van der Waals surface area contributed by atoms with Crippen molar-refractivity contribution in [2.24, 2.45) is 0 Å². The molecule has 0 bridgehead atoms. The first-order valence-corrected chi connectivity index (χ1v) is 7.87. The zero-order valence-corrected chi connectivity index (χ0v) is 14.1. The third-order valence-electron chi connectivity index (χ3n) is 3.62. The molecule has 0 radical (unpaired) electrons. The Morgan fingerprint density at radius 2 is 1.84 bits per heavy atom. The molecule has 1 aliphatic heterocycles. The van der Waals surface area contributed by atoms with Gasteiger partial charge in [0.25, 0.3) is 17.5 Å². The molecule has 0 saturated heterocycles. The summed E-state index contributed by atoms with van der Waals surface area (Å²) >= 11 is 3.27. The normalized spacial score (nSPS) is 12.9. The van der Waals surface area contributed by atoms with Crippen molar-refractivity contribution < 1.29 is 19.3 Å². The number of fused-ring (bicyclic) bond motifs is 1. The van der Waals surface area contributed by atoms with E-state index in [2.05, 4.69) is 21.2 Å². The van der Waals surface area contributed by atoms with Crippen molar-refractivity contribution in [3.63, 3.8) is 0 Å². The molecule has 25 heavy (non-hydrogen) atoms. The highest BCUT2D eigenvalue weighted by Gasteiger charge is 2.41. The molecule has 3 rings (SSSR count). The number of nitro benzene ring substituents is 1. The van der Waals surface area contributed by atoms with Gasteiger partial charge in [0, 0.05) is 10.5 Å². The Morgan fingerprint density at radius 1 is 1.12 bits per heavy atom. The van der Waals surface area contributed by atoms with Gasteiger partial charge in [0.2, 0.25) is 5.91 Å². The number of benzene rings is 2. The molecule has 9 heteroatoms. The first-order chi connectivity index (χ1) is 11.9. The van der Waals surface area contributed by atoms with Crippen LogP contribution in [0.4, 0.5) is 11.4 Å². The predicted molar refractivity (Wildman–Crippen MR) is 91.2 cm³/mol. The molecule has 8 nitrogen and oxygen atoms in total. The smallest absolute Gasteiger partial charge is 0.282 e. The van der Waals surface area contributed by atoms with Gasteiger partial charge in [-0.3, -0.25) is 29.4 Å². The zero-order chi connectivity index (χ0) is 18.1. The van der Waals surface area contributed by atoms with Crippen molar-refractivity contribution in [2.45, 2.75) is 0 Å². The fraction of sp³-hybridized carbons (Fsp3) is 0.0625. The number of carbonyl (C=O) groups is 3. The van der Waals surface area contributed by atoms with E-state index in [4.69, 9.17) is 0 Å². The molecule has 1 heterocycles. The molecule has 2 aromatic rings. The van der Waals surface area contributed by atoms with Gasteiger partial charge in [-0.05, 0) is 34.1 Å². The van der Waals surface area contributed by atoms with Gasteiger partial charge in [-0.25, -0.2) is 0 Å². The third-order valence-corrected chi connectivity index (χ3v) is 4.31. The minimum absolute atomic E-state index is 0.0760. The van der Waals surface area contributed by atoms with Gasteiger partial charge in [-0.2, -0.15) is 0 Å². The van der Waals surface area contributed by atoms with Crippen molar-refractivity contribution in [3.8, 4) is 0 Å². The van der Waals surface area contributed by atoms with Crippen LogP contribution >= 0.6 is 15.9 Å². The minimum Gasteiger partial charge on any atom is -0.324 e. The molecular formula is C16H10BrN3O5. The van der Waals surface area contributed by atoms with Gasteiger partial charge in [-0.15, -0.1) is 0 Å². The van der Waals surface area contributed by atoms with E-state index in [0.29, 0.717) is 15.1 Å². The quantitative estimate of drug-likeness (QED) is 0.479. The van der Waals surface area contributed by atoms with Crippen LogP contribution in [0, 0.1) is 10.1 Å². The van der Waals surface area contributed by atoms with Crippen molar-refractivity contribution in [1.82, 2.24) is 4.90 Å². The van der Waals surface area contributed by atoms with Crippen LogP contribution < -0.4 is 5.32 Å². The second-order valence-corrected chi connectivity index (χ2v) is 6.04. The molecular weight excluding hydrogens is 394 g/mol. The Bertz CT molecular complexity index is 928. The molecule has 1 aliphatic rings. The van der Waals surface area contributed by atoms with E-state index in [0.717, 1.165) is 6.07 Å². The first kappa shape index (κ1) is 16.8. The van der Waals surface area contributed by atoms with E-state index in [9.17, 15) is 24.5 Å². The topological polar surface area (TPSA) is 110 Å². The minimum atomic E-state index is -0.852. The Labute approximate surface area is 149 Å². The highest BCUT2D eigenvalue weighted by molar-refractivity contribution is 9.10. The van der Waals surface area contributed by atoms with E-state index in [1.165, 1.54) is 12.1 Å². The van der Waals surface area contributed by atoms with Crippen LogP contribution in [0.5, 0.6) is 0 Å². The maximum atomic E-state index is 12.4. The van der Waals surface area contributed by atoms with E-state index in [1.807, 2.05) is 0 Å². The summed E-state index contributed by atoms with van der Waals surface area (Å²) < 4.78 is 0.640. The Kier molecular flexibility index (Phi) is 4.32. The lowest BCUT2D eigenvalue weighted by atomic mass is 10.1. The summed E-state index contributed by atoms with van der Waals surface area (Å²) in [5.41, 5.74) is -0.335. The van der Waals surface area contributed by atoms with Gasteiger partial charge >= 0.3 is 0 Å². The number of hydrogen-bond donors (Lipinski definition) is 1. The number of nitrogens with one attached hydrogen (secondary N) is 1. The molecule has 126 valence electrons. The number of hydrogen-bond acceptors (Lipinski definition) is 5. The average Bonchev–Trinajstić information content (AvgIpc) is 2.82. The number of amides is 3. The third kappa shape index (κ3) is 3.01. The highest BCUT2D eigenvalue weighted by Crippen LogP contribution is 2.30. The second kappa shape index (κ2) is 6.44. The summed E-state index contributed by atoms with van der Waals surface area (Å²) in [6.45, 7) is -0.537.